The number of rotatable bonds is 3. The van der Waals surface area contributed by atoms with E-state index >= 15 is 0 Å². The van der Waals surface area contributed by atoms with Gasteiger partial charge in [-0.2, -0.15) is 0 Å². The molecule has 0 aliphatic carbocycles. The second kappa shape index (κ2) is 8.04. The lowest BCUT2D eigenvalue weighted by molar-refractivity contribution is 0.0378. The van der Waals surface area contributed by atoms with E-state index in [0.29, 0.717) is 5.56 Å². The molecule has 0 aromatic heterocycles. The fourth-order valence-corrected chi connectivity index (χ4v) is 4.83. The molecule has 0 atom stereocenters. The van der Waals surface area contributed by atoms with E-state index in [4.69, 9.17) is 4.74 Å². The molecular weight excluding hydrogens is 448 g/mol. The molecule has 0 spiro atoms. The minimum absolute atomic E-state index is 0.0888. The molecule has 2 heterocycles. The number of halogens is 4. The first-order valence-corrected chi connectivity index (χ1v) is 11.0. The predicted molar refractivity (Wildman–Crippen MR) is 121 cm³/mol. The molecule has 4 nitrogen and oxygen atoms in total. The third kappa shape index (κ3) is 3.40. The van der Waals surface area contributed by atoms with E-state index in [0.717, 1.165) is 27.9 Å². The molecule has 3 aromatic rings. The smallest absolute Gasteiger partial charge is 0.339 e. The van der Waals surface area contributed by atoms with Crippen molar-refractivity contribution in [1.82, 2.24) is 0 Å². The normalized spacial score (nSPS) is 14.2. The molecule has 2 aliphatic heterocycles. The molecule has 5 rings (SSSR count). The number of esters is 1. The van der Waals surface area contributed by atoms with Crippen molar-refractivity contribution in [3.05, 3.63) is 81.9 Å². The van der Waals surface area contributed by atoms with Gasteiger partial charge >= 0.3 is 5.97 Å². The molecule has 8 heteroatoms. The Morgan fingerprint density at radius 3 is 2.41 bits per heavy atom. The maximum absolute atomic E-state index is 14.6. The summed E-state index contributed by atoms with van der Waals surface area (Å²) in [6.07, 6.45) is -0.273. The molecule has 2 aliphatic rings. The van der Waals surface area contributed by atoms with Gasteiger partial charge < -0.3 is 14.5 Å². The Kier molecular flexibility index (Phi) is 5.26. The molecule has 0 radical (unpaired) electrons. The van der Waals surface area contributed by atoms with Gasteiger partial charge in [0.2, 0.25) is 0 Å². The first kappa shape index (κ1) is 22.3. The van der Waals surface area contributed by atoms with Crippen LogP contribution in [-0.4, -0.2) is 18.7 Å². The van der Waals surface area contributed by atoms with E-state index in [2.05, 4.69) is 0 Å². The van der Waals surface area contributed by atoms with Gasteiger partial charge in [-0.1, -0.05) is 18.2 Å². The highest BCUT2D eigenvalue weighted by Crippen LogP contribution is 2.43. The second-order valence-corrected chi connectivity index (χ2v) is 8.92. The molecule has 0 saturated heterocycles. The zero-order valence-corrected chi connectivity index (χ0v) is 18.9. The van der Waals surface area contributed by atoms with Crippen LogP contribution in [0.15, 0.2) is 36.4 Å². The zero-order valence-electron chi connectivity index (χ0n) is 18.9. The molecule has 0 N–H and O–H groups in total. The van der Waals surface area contributed by atoms with E-state index in [1.807, 2.05) is 31.2 Å². The van der Waals surface area contributed by atoms with Crippen molar-refractivity contribution in [2.45, 2.75) is 40.0 Å². The van der Waals surface area contributed by atoms with Crippen LogP contribution in [0.2, 0.25) is 0 Å². The quantitative estimate of drug-likeness (QED) is 0.201. The number of anilines is 2. The molecule has 176 valence electrons. The lowest BCUT2D eigenvalue weighted by atomic mass is 9.92. The fraction of sp³-hybridized carbons (Fsp3) is 0.269. The van der Waals surface area contributed by atoms with Gasteiger partial charge in [0.1, 0.15) is 0 Å². The number of carbonyl (C=O) groups is 1. The number of aryl methyl sites for hydroxylation is 1. The van der Waals surface area contributed by atoms with Crippen LogP contribution in [0.1, 0.15) is 40.9 Å². The van der Waals surface area contributed by atoms with E-state index < -0.39 is 29.2 Å². The lowest BCUT2D eigenvalue weighted by Crippen LogP contribution is -2.47. The van der Waals surface area contributed by atoms with E-state index in [-0.39, 0.29) is 37.1 Å². The summed E-state index contributed by atoms with van der Waals surface area (Å²) in [6.45, 7) is 5.76. The van der Waals surface area contributed by atoms with Gasteiger partial charge in [0.25, 0.3) is 0 Å². The summed E-state index contributed by atoms with van der Waals surface area (Å²) < 4.78 is 62.3. The molecule has 3 aromatic carbocycles. The second-order valence-electron chi connectivity index (χ2n) is 8.92. The summed E-state index contributed by atoms with van der Waals surface area (Å²) in [4.78, 5) is 16.0. The Bertz CT molecular complexity index is 1340. The largest absolute Gasteiger partial charge is 0.459 e. The van der Waals surface area contributed by atoms with Crippen molar-refractivity contribution in [3.63, 3.8) is 0 Å². The Hall–Kier alpha value is -3.55. The summed E-state index contributed by atoms with van der Waals surface area (Å²) in [5.41, 5.74) is 3.94. The minimum Gasteiger partial charge on any atom is -0.459 e. The number of hydrogen-bond donors (Lipinski definition) is 0. The SMILES string of the molecule is Cc1cccc(C(=O)OC(C)C)c1-c1ccc2c(c1)CN1CN2Cc2c(F)c(F)c(F)c(F)c21. The number of hydrogen-bond acceptors (Lipinski definition) is 4. The molecule has 34 heavy (non-hydrogen) atoms. The monoisotopic (exact) mass is 470 g/mol. The molecule has 0 fully saturated rings. The summed E-state index contributed by atoms with van der Waals surface area (Å²) >= 11 is 0. The molecular formula is C26H22F4N2O2. The third-order valence-electron chi connectivity index (χ3n) is 6.25. The van der Waals surface area contributed by atoms with Crippen molar-refractivity contribution >= 4 is 17.3 Å². The highest BCUT2D eigenvalue weighted by Gasteiger charge is 2.37. The zero-order chi connectivity index (χ0) is 24.3. The van der Waals surface area contributed by atoms with Crippen molar-refractivity contribution < 1.29 is 27.1 Å². The predicted octanol–water partition coefficient (Wildman–Crippen LogP) is 6.08. The van der Waals surface area contributed by atoms with Gasteiger partial charge in [-0.15, -0.1) is 0 Å². The van der Waals surface area contributed by atoms with Gasteiger partial charge in [-0.25, -0.2) is 22.4 Å². The van der Waals surface area contributed by atoms with Crippen molar-refractivity contribution in [2.75, 3.05) is 16.5 Å². The third-order valence-corrected chi connectivity index (χ3v) is 6.25. The Labute approximate surface area is 194 Å². The van der Waals surface area contributed by atoms with E-state index in [9.17, 15) is 22.4 Å². The van der Waals surface area contributed by atoms with E-state index in [1.165, 1.54) is 4.90 Å². The van der Waals surface area contributed by atoms with Gasteiger partial charge in [0.15, 0.2) is 23.3 Å². The highest BCUT2D eigenvalue weighted by molar-refractivity contribution is 5.98. The van der Waals surface area contributed by atoms with Gasteiger partial charge in [-0.3, -0.25) is 0 Å². The highest BCUT2D eigenvalue weighted by atomic mass is 19.2. The molecule has 0 unspecified atom stereocenters. The maximum Gasteiger partial charge on any atom is 0.339 e. The van der Waals surface area contributed by atoms with Crippen LogP contribution in [0, 0.1) is 30.2 Å². The van der Waals surface area contributed by atoms with E-state index in [1.54, 1.807) is 30.9 Å². The number of ether oxygens (including phenoxy) is 1. The van der Waals surface area contributed by atoms with Gasteiger partial charge in [0, 0.05) is 24.3 Å². The average molecular weight is 470 g/mol. The molecule has 0 amide bonds. The van der Waals surface area contributed by atoms with Crippen molar-refractivity contribution in [2.24, 2.45) is 0 Å². The summed E-state index contributed by atoms with van der Waals surface area (Å²) in [6, 6.07) is 11.0. The summed E-state index contributed by atoms with van der Waals surface area (Å²) in [7, 11) is 0. The Balaban J connectivity index is 1.59. The summed E-state index contributed by atoms with van der Waals surface area (Å²) in [5, 5.41) is 0. The van der Waals surface area contributed by atoms with Crippen LogP contribution < -0.4 is 9.80 Å². The first-order valence-electron chi connectivity index (χ1n) is 11.0. The molecule has 0 saturated carbocycles. The van der Waals surface area contributed by atoms with Crippen LogP contribution in [0.3, 0.4) is 0 Å². The first-order chi connectivity index (χ1) is 16.2. The minimum atomic E-state index is -1.81. The Morgan fingerprint density at radius 2 is 1.68 bits per heavy atom. The lowest BCUT2D eigenvalue weighted by Gasteiger charge is -2.45. The topological polar surface area (TPSA) is 32.8 Å². The number of benzene rings is 3. The number of nitrogens with zero attached hydrogens (tertiary/aromatic N) is 2. The van der Waals surface area contributed by atoms with Crippen LogP contribution >= 0.6 is 0 Å². The van der Waals surface area contributed by atoms with Crippen LogP contribution in [0.5, 0.6) is 0 Å². The van der Waals surface area contributed by atoms with Crippen LogP contribution in [0.25, 0.3) is 11.1 Å². The molecule has 2 bridgehead atoms. The number of carbonyl (C=O) groups excluding carboxylic acids is 1. The Morgan fingerprint density at radius 1 is 0.941 bits per heavy atom. The maximum atomic E-state index is 14.6. The fourth-order valence-electron chi connectivity index (χ4n) is 4.83. The van der Waals surface area contributed by atoms with Crippen LogP contribution in [0.4, 0.5) is 28.9 Å². The van der Waals surface area contributed by atoms with Crippen LogP contribution in [-0.2, 0) is 17.8 Å². The number of fused-ring (bicyclic) bond motifs is 6. The average Bonchev–Trinajstić information content (AvgIpc) is 2.80. The van der Waals surface area contributed by atoms with Gasteiger partial charge in [-0.05, 0) is 61.2 Å². The van der Waals surface area contributed by atoms with Crippen molar-refractivity contribution in [3.8, 4) is 11.1 Å². The standard InChI is InChI=1S/C26H22F4N2O2/c1-13(2)34-26(33)17-6-4-5-14(3)20(17)15-7-8-19-16(9-15)10-32-12-31(19)11-18-21(27)22(28)23(29)24(30)25(18)32/h4-9,13H,10-12H2,1-3H3. The van der Waals surface area contributed by atoms with Crippen molar-refractivity contribution in [1.29, 1.82) is 0 Å². The summed E-state index contributed by atoms with van der Waals surface area (Å²) in [5.74, 6) is -6.78. The van der Waals surface area contributed by atoms with Gasteiger partial charge in [0.05, 0.1) is 24.0 Å².